The van der Waals surface area contributed by atoms with Gasteiger partial charge in [0, 0.05) is 18.0 Å². The molecule has 0 saturated heterocycles. The van der Waals surface area contributed by atoms with Crippen molar-refractivity contribution in [2.75, 3.05) is 13.7 Å². The average Bonchev–Trinajstić information content (AvgIpc) is 3.40. The SMILES string of the molecule is COc1ccc(C(=O)N2CCn3nc(C4CC4)nc3[C@@H]2CC(C)C)cc1F. The van der Waals surface area contributed by atoms with E-state index in [1.807, 2.05) is 9.58 Å². The number of hydrogen-bond acceptors (Lipinski definition) is 4. The molecule has 1 saturated carbocycles. The van der Waals surface area contributed by atoms with Crippen molar-refractivity contribution in [3.63, 3.8) is 0 Å². The minimum absolute atomic E-state index is 0.137. The Kier molecular flexibility index (Phi) is 4.61. The van der Waals surface area contributed by atoms with E-state index in [9.17, 15) is 9.18 Å². The molecule has 1 atom stereocenters. The number of ether oxygens (including phenoxy) is 1. The summed E-state index contributed by atoms with van der Waals surface area (Å²) in [6, 6.07) is 4.22. The zero-order chi connectivity index (χ0) is 19.1. The minimum Gasteiger partial charge on any atom is -0.494 e. The molecule has 1 aromatic heterocycles. The first kappa shape index (κ1) is 17.9. The second-order valence-corrected chi connectivity index (χ2v) is 7.82. The Bertz CT molecular complexity index is 860. The summed E-state index contributed by atoms with van der Waals surface area (Å²) in [6.45, 7) is 5.43. The molecule has 2 heterocycles. The van der Waals surface area contributed by atoms with Gasteiger partial charge in [-0.05, 0) is 43.4 Å². The molecule has 0 unspecified atom stereocenters. The first-order valence-electron chi connectivity index (χ1n) is 9.57. The van der Waals surface area contributed by atoms with Gasteiger partial charge in [-0.25, -0.2) is 14.1 Å². The van der Waals surface area contributed by atoms with Gasteiger partial charge in [0.1, 0.15) is 5.82 Å². The Labute approximate surface area is 158 Å². The van der Waals surface area contributed by atoms with Crippen molar-refractivity contribution in [3.05, 3.63) is 41.2 Å². The van der Waals surface area contributed by atoms with Crippen molar-refractivity contribution < 1.29 is 13.9 Å². The number of rotatable bonds is 5. The third kappa shape index (κ3) is 3.42. The molecule has 1 aliphatic carbocycles. The third-order valence-electron chi connectivity index (χ3n) is 5.24. The molecule has 0 spiro atoms. The van der Waals surface area contributed by atoms with Gasteiger partial charge in [-0.2, -0.15) is 5.10 Å². The fourth-order valence-electron chi connectivity index (χ4n) is 3.68. The number of aromatic nitrogens is 3. The molecule has 2 aliphatic rings. The quantitative estimate of drug-likeness (QED) is 0.805. The van der Waals surface area contributed by atoms with Gasteiger partial charge in [0.15, 0.2) is 17.4 Å². The molecule has 27 heavy (non-hydrogen) atoms. The summed E-state index contributed by atoms with van der Waals surface area (Å²) in [5, 5.41) is 4.66. The summed E-state index contributed by atoms with van der Waals surface area (Å²) in [5.41, 5.74) is 0.331. The molecule has 4 rings (SSSR count). The summed E-state index contributed by atoms with van der Waals surface area (Å²) < 4.78 is 21.0. The van der Waals surface area contributed by atoms with E-state index in [0.717, 1.165) is 30.9 Å². The molecule has 144 valence electrons. The lowest BCUT2D eigenvalue weighted by atomic mass is 9.99. The predicted octanol–water partition coefficient (Wildman–Crippen LogP) is 3.55. The van der Waals surface area contributed by atoms with Crippen molar-refractivity contribution in [2.24, 2.45) is 5.92 Å². The molecular formula is C20H25FN4O2. The van der Waals surface area contributed by atoms with Crippen LogP contribution in [-0.2, 0) is 6.54 Å². The Morgan fingerprint density at radius 3 is 2.74 bits per heavy atom. The second-order valence-electron chi connectivity index (χ2n) is 7.82. The number of hydrogen-bond donors (Lipinski definition) is 0. The van der Waals surface area contributed by atoms with Gasteiger partial charge in [0.25, 0.3) is 5.91 Å². The van der Waals surface area contributed by atoms with Gasteiger partial charge in [0.2, 0.25) is 0 Å². The predicted molar refractivity (Wildman–Crippen MR) is 98.2 cm³/mol. The van der Waals surface area contributed by atoms with Crippen LogP contribution in [-0.4, -0.2) is 39.2 Å². The molecule has 0 bridgehead atoms. The van der Waals surface area contributed by atoms with Crippen molar-refractivity contribution in [2.45, 2.75) is 51.6 Å². The summed E-state index contributed by atoms with van der Waals surface area (Å²) in [7, 11) is 1.41. The van der Waals surface area contributed by atoms with E-state index < -0.39 is 5.82 Å². The maximum Gasteiger partial charge on any atom is 0.254 e. The van der Waals surface area contributed by atoms with Gasteiger partial charge in [-0.15, -0.1) is 0 Å². The zero-order valence-electron chi connectivity index (χ0n) is 16.0. The van der Waals surface area contributed by atoms with Crippen LogP contribution < -0.4 is 4.74 Å². The van der Waals surface area contributed by atoms with Gasteiger partial charge in [-0.1, -0.05) is 13.8 Å². The van der Waals surface area contributed by atoms with Gasteiger partial charge < -0.3 is 9.64 Å². The number of halogens is 1. The summed E-state index contributed by atoms with van der Waals surface area (Å²) in [5.74, 6) is 2.07. The van der Waals surface area contributed by atoms with Crippen molar-refractivity contribution >= 4 is 5.91 Å². The molecule has 7 heteroatoms. The molecule has 1 aromatic carbocycles. The van der Waals surface area contributed by atoms with E-state index in [0.29, 0.717) is 30.5 Å². The first-order valence-corrected chi connectivity index (χ1v) is 9.57. The first-order chi connectivity index (χ1) is 13.0. The highest BCUT2D eigenvalue weighted by molar-refractivity contribution is 5.94. The summed E-state index contributed by atoms with van der Waals surface area (Å²) in [6.07, 6.45) is 3.09. The Morgan fingerprint density at radius 1 is 1.33 bits per heavy atom. The summed E-state index contributed by atoms with van der Waals surface area (Å²) in [4.78, 5) is 19.8. The molecule has 1 aliphatic heterocycles. The minimum atomic E-state index is -0.528. The average molecular weight is 372 g/mol. The largest absolute Gasteiger partial charge is 0.494 e. The second kappa shape index (κ2) is 6.94. The molecular weight excluding hydrogens is 347 g/mol. The number of amides is 1. The number of carbonyl (C=O) groups excluding carboxylic acids is 1. The van der Waals surface area contributed by atoms with Crippen LogP contribution in [0.3, 0.4) is 0 Å². The highest BCUT2D eigenvalue weighted by atomic mass is 19.1. The lowest BCUT2D eigenvalue weighted by Crippen LogP contribution is -2.43. The van der Waals surface area contributed by atoms with E-state index in [-0.39, 0.29) is 17.7 Å². The van der Waals surface area contributed by atoms with Crippen LogP contribution in [0, 0.1) is 11.7 Å². The number of fused-ring (bicyclic) bond motifs is 1. The molecule has 1 fully saturated rings. The lowest BCUT2D eigenvalue weighted by Gasteiger charge is -2.36. The third-order valence-corrected chi connectivity index (χ3v) is 5.24. The van der Waals surface area contributed by atoms with Crippen LogP contribution in [0.1, 0.15) is 67.1 Å². The van der Waals surface area contributed by atoms with Crippen molar-refractivity contribution in [1.29, 1.82) is 0 Å². The van der Waals surface area contributed by atoms with Gasteiger partial charge in [-0.3, -0.25) is 4.79 Å². The number of benzene rings is 1. The number of carbonyl (C=O) groups is 1. The highest BCUT2D eigenvalue weighted by Crippen LogP contribution is 2.40. The number of methoxy groups -OCH3 is 1. The molecule has 0 N–H and O–H groups in total. The van der Waals surface area contributed by atoms with E-state index in [1.165, 1.54) is 19.2 Å². The Morgan fingerprint density at radius 2 is 2.11 bits per heavy atom. The highest BCUT2D eigenvalue weighted by Gasteiger charge is 2.37. The summed E-state index contributed by atoms with van der Waals surface area (Å²) >= 11 is 0. The molecule has 1 amide bonds. The van der Waals surface area contributed by atoms with E-state index >= 15 is 0 Å². The maximum absolute atomic E-state index is 14.1. The standard InChI is InChI=1S/C20H25FN4O2/c1-12(2)10-16-19-22-18(13-4-5-13)23-25(19)9-8-24(16)20(26)14-6-7-17(27-3)15(21)11-14/h6-7,11-13,16H,4-5,8-10H2,1-3H3/t16-/m0/s1. The Hall–Kier alpha value is -2.44. The Balaban J connectivity index is 1.65. The maximum atomic E-state index is 14.1. The molecule has 6 nitrogen and oxygen atoms in total. The fourth-order valence-corrected chi connectivity index (χ4v) is 3.68. The van der Waals surface area contributed by atoms with Crippen LogP contribution in [0.25, 0.3) is 0 Å². The van der Waals surface area contributed by atoms with Crippen LogP contribution in [0.2, 0.25) is 0 Å². The van der Waals surface area contributed by atoms with Crippen LogP contribution in [0.15, 0.2) is 18.2 Å². The van der Waals surface area contributed by atoms with E-state index in [1.54, 1.807) is 6.07 Å². The van der Waals surface area contributed by atoms with E-state index in [2.05, 4.69) is 18.9 Å². The van der Waals surface area contributed by atoms with Gasteiger partial charge in [0.05, 0.1) is 19.7 Å². The lowest BCUT2D eigenvalue weighted by molar-refractivity contribution is 0.0578. The van der Waals surface area contributed by atoms with Crippen molar-refractivity contribution in [3.8, 4) is 5.75 Å². The molecule has 2 aromatic rings. The van der Waals surface area contributed by atoms with Crippen LogP contribution >= 0.6 is 0 Å². The zero-order valence-corrected chi connectivity index (χ0v) is 16.0. The van der Waals surface area contributed by atoms with Crippen LogP contribution in [0.5, 0.6) is 5.75 Å². The topological polar surface area (TPSA) is 60.2 Å². The number of nitrogens with zero attached hydrogens (tertiary/aromatic N) is 4. The monoisotopic (exact) mass is 372 g/mol. The molecule has 0 radical (unpaired) electrons. The van der Waals surface area contributed by atoms with Crippen molar-refractivity contribution in [1.82, 2.24) is 19.7 Å². The van der Waals surface area contributed by atoms with Gasteiger partial charge >= 0.3 is 0 Å². The van der Waals surface area contributed by atoms with E-state index in [4.69, 9.17) is 9.72 Å². The normalized spacial score (nSPS) is 19.3. The van der Waals surface area contributed by atoms with Crippen LogP contribution in [0.4, 0.5) is 4.39 Å². The smallest absolute Gasteiger partial charge is 0.254 e. The fraction of sp³-hybridized carbons (Fsp3) is 0.550.